The summed E-state index contributed by atoms with van der Waals surface area (Å²) in [7, 11) is 0. The average molecular weight is 400 g/mol. The largest absolute Gasteiger partial charge is 0.454 e. The van der Waals surface area contributed by atoms with Crippen LogP contribution in [-0.4, -0.2) is 29.0 Å². The van der Waals surface area contributed by atoms with Crippen molar-refractivity contribution in [1.82, 2.24) is 10.4 Å². The molecule has 0 spiro atoms. The van der Waals surface area contributed by atoms with Crippen LogP contribution in [0.4, 0.5) is 0 Å². The van der Waals surface area contributed by atoms with Crippen LogP contribution < -0.4 is 14.8 Å². The first kappa shape index (κ1) is 18.3. The Balaban J connectivity index is 1.35. The fourth-order valence-corrected chi connectivity index (χ4v) is 3.69. The van der Waals surface area contributed by atoms with Crippen LogP contribution in [0, 0.1) is 0 Å². The zero-order valence-corrected chi connectivity index (χ0v) is 16.1. The lowest BCUT2D eigenvalue weighted by atomic mass is 9.99. The maximum absolute atomic E-state index is 12.5. The molecule has 0 aliphatic carbocycles. The Morgan fingerprint density at radius 1 is 0.900 bits per heavy atom. The van der Waals surface area contributed by atoms with Crippen LogP contribution in [0.2, 0.25) is 0 Å². The number of amides is 1. The van der Waals surface area contributed by atoms with Gasteiger partial charge in [-0.2, -0.15) is 5.06 Å². The third-order valence-electron chi connectivity index (χ3n) is 5.29. The molecule has 0 saturated carbocycles. The number of fused-ring (bicyclic) bond motifs is 1. The Kier molecular flexibility index (Phi) is 4.61. The fraction of sp³-hybridized carbons (Fsp3) is 0.125. The summed E-state index contributed by atoms with van der Waals surface area (Å²) in [6.07, 6.45) is 1.84. The quantitative estimate of drug-likeness (QED) is 0.652. The second kappa shape index (κ2) is 7.57. The van der Waals surface area contributed by atoms with Crippen LogP contribution >= 0.6 is 0 Å². The van der Waals surface area contributed by atoms with Gasteiger partial charge in [0.25, 0.3) is 5.91 Å². The van der Waals surface area contributed by atoms with E-state index in [4.69, 9.17) is 9.47 Å². The molecule has 5 rings (SSSR count). The molecule has 1 unspecified atom stereocenters. The maximum Gasteiger partial charge on any atom is 0.272 e. The average Bonchev–Trinajstić information content (AvgIpc) is 3.26. The topological polar surface area (TPSA) is 71.0 Å². The van der Waals surface area contributed by atoms with Gasteiger partial charge in [0.15, 0.2) is 11.5 Å². The Bertz CT molecular complexity index is 1110. The summed E-state index contributed by atoms with van der Waals surface area (Å²) in [6, 6.07) is 23.2. The molecule has 2 N–H and O–H groups in total. The molecule has 0 fully saturated rings. The highest BCUT2D eigenvalue weighted by Gasteiger charge is 2.29. The predicted molar refractivity (Wildman–Crippen MR) is 112 cm³/mol. The highest BCUT2D eigenvalue weighted by Crippen LogP contribution is 2.34. The second-order valence-electron chi connectivity index (χ2n) is 7.26. The molecule has 6 heteroatoms. The normalized spacial score (nSPS) is 17.5. The molecule has 2 aliphatic heterocycles. The molecular weight excluding hydrogens is 380 g/mol. The standard InChI is InChI=1S/C24H20N2O4/c27-24-20(12-16-6-8-18(9-7-16)17-4-2-1-3-5-17)25-21(14-26(24)28)19-10-11-22-23(13-19)30-15-29-22/h1-11,13-14,20,25,28H,12,15H2. The molecule has 0 aromatic heterocycles. The molecule has 30 heavy (non-hydrogen) atoms. The zero-order chi connectivity index (χ0) is 20.5. The Morgan fingerprint density at radius 2 is 1.60 bits per heavy atom. The molecule has 3 aromatic rings. The number of nitrogens with one attached hydrogen (secondary N) is 1. The minimum atomic E-state index is -0.581. The lowest BCUT2D eigenvalue weighted by Crippen LogP contribution is -2.48. The van der Waals surface area contributed by atoms with E-state index < -0.39 is 11.9 Å². The van der Waals surface area contributed by atoms with Crippen molar-refractivity contribution in [2.75, 3.05) is 6.79 Å². The van der Waals surface area contributed by atoms with E-state index in [1.54, 1.807) is 0 Å². The first-order chi connectivity index (χ1) is 14.7. The number of benzene rings is 3. The summed E-state index contributed by atoms with van der Waals surface area (Å²) in [5.41, 5.74) is 4.70. The summed E-state index contributed by atoms with van der Waals surface area (Å²) in [6.45, 7) is 0.192. The number of rotatable bonds is 4. The Labute approximate surface area is 173 Å². The van der Waals surface area contributed by atoms with Gasteiger partial charge in [0.2, 0.25) is 6.79 Å². The molecule has 0 bridgehead atoms. The first-order valence-electron chi connectivity index (χ1n) is 9.72. The molecule has 0 radical (unpaired) electrons. The van der Waals surface area contributed by atoms with E-state index in [0.717, 1.165) is 22.3 Å². The SMILES string of the molecule is O=C1C(Cc2ccc(-c3ccccc3)cc2)NC(c2ccc3c(c2)OCO3)=CN1O. The summed E-state index contributed by atoms with van der Waals surface area (Å²) in [5, 5.41) is 14.1. The number of hydroxylamine groups is 2. The number of carbonyl (C=O) groups excluding carboxylic acids is 1. The molecular formula is C24H20N2O4. The van der Waals surface area contributed by atoms with E-state index >= 15 is 0 Å². The van der Waals surface area contributed by atoms with Gasteiger partial charge in [-0.15, -0.1) is 0 Å². The van der Waals surface area contributed by atoms with Crippen molar-refractivity contribution in [2.45, 2.75) is 12.5 Å². The Hall–Kier alpha value is -3.77. The van der Waals surface area contributed by atoms with Crippen molar-refractivity contribution in [3.05, 3.63) is 90.1 Å². The van der Waals surface area contributed by atoms with Gasteiger partial charge < -0.3 is 14.8 Å². The van der Waals surface area contributed by atoms with Crippen molar-refractivity contribution in [2.24, 2.45) is 0 Å². The minimum Gasteiger partial charge on any atom is -0.454 e. The van der Waals surface area contributed by atoms with E-state index in [1.165, 1.54) is 6.20 Å². The van der Waals surface area contributed by atoms with Crippen LogP contribution in [0.25, 0.3) is 16.8 Å². The van der Waals surface area contributed by atoms with E-state index in [2.05, 4.69) is 17.4 Å². The lowest BCUT2D eigenvalue weighted by Gasteiger charge is -2.29. The smallest absolute Gasteiger partial charge is 0.272 e. The van der Waals surface area contributed by atoms with E-state index in [9.17, 15) is 10.0 Å². The Morgan fingerprint density at radius 3 is 2.40 bits per heavy atom. The number of hydrogen-bond acceptors (Lipinski definition) is 5. The molecule has 2 aliphatic rings. The fourth-order valence-electron chi connectivity index (χ4n) is 3.69. The number of nitrogens with zero attached hydrogens (tertiary/aromatic N) is 1. The van der Waals surface area contributed by atoms with Crippen molar-refractivity contribution in [3.63, 3.8) is 0 Å². The highest BCUT2D eigenvalue weighted by atomic mass is 16.7. The van der Waals surface area contributed by atoms with Crippen molar-refractivity contribution in [1.29, 1.82) is 0 Å². The van der Waals surface area contributed by atoms with Crippen LogP contribution in [0.1, 0.15) is 11.1 Å². The molecule has 6 nitrogen and oxygen atoms in total. The van der Waals surface area contributed by atoms with Gasteiger partial charge in [0.05, 0.1) is 11.9 Å². The first-order valence-corrected chi connectivity index (χ1v) is 9.72. The van der Waals surface area contributed by atoms with Crippen LogP contribution in [-0.2, 0) is 11.2 Å². The van der Waals surface area contributed by atoms with Crippen LogP contribution in [0.15, 0.2) is 79.0 Å². The van der Waals surface area contributed by atoms with Gasteiger partial charge in [-0.3, -0.25) is 10.0 Å². The highest BCUT2D eigenvalue weighted by molar-refractivity contribution is 5.88. The monoisotopic (exact) mass is 400 g/mol. The summed E-state index contributed by atoms with van der Waals surface area (Å²) < 4.78 is 10.8. The van der Waals surface area contributed by atoms with Gasteiger partial charge in [-0.1, -0.05) is 54.6 Å². The predicted octanol–water partition coefficient (Wildman–Crippen LogP) is 3.81. The number of carbonyl (C=O) groups is 1. The van der Waals surface area contributed by atoms with Crippen molar-refractivity contribution < 1.29 is 19.5 Å². The molecule has 1 amide bonds. The summed E-state index contributed by atoms with van der Waals surface area (Å²) in [4.78, 5) is 12.5. The van der Waals surface area contributed by atoms with Gasteiger partial charge in [0.1, 0.15) is 6.04 Å². The maximum atomic E-state index is 12.5. The number of ether oxygens (including phenoxy) is 2. The third-order valence-corrected chi connectivity index (χ3v) is 5.29. The lowest BCUT2D eigenvalue weighted by molar-refractivity contribution is -0.157. The van der Waals surface area contributed by atoms with E-state index in [1.807, 2.05) is 60.7 Å². The van der Waals surface area contributed by atoms with E-state index in [-0.39, 0.29) is 6.79 Å². The zero-order valence-electron chi connectivity index (χ0n) is 16.1. The van der Waals surface area contributed by atoms with Crippen LogP contribution in [0.5, 0.6) is 11.5 Å². The van der Waals surface area contributed by atoms with Crippen LogP contribution in [0.3, 0.4) is 0 Å². The van der Waals surface area contributed by atoms with Crippen molar-refractivity contribution >= 4 is 11.6 Å². The van der Waals surface area contributed by atoms with Crippen molar-refractivity contribution in [3.8, 4) is 22.6 Å². The summed E-state index contributed by atoms with van der Waals surface area (Å²) in [5.74, 6) is 0.929. The molecule has 2 heterocycles. The van der Waals surface area contributed by atoms with Gasteiger partial charge in [-0.05, 0) is 34.9 Å². The third kappa shape index (κ3) is 3.49. The number of hydrogen-bond donors (Lipinski definition) is 2. The van der Waals surface area contributed by atoms with Gasteiger partial charge in [0, 0.05) is 12.0 Å². The molecule has 0 saturated heterocycles. The molecule has 3 aromatic carbocycles. The van der Waals surface area contributed by atoms with Gasteiger partial charge in [-0.25, -0.2) is 0 Å². The summed E-state index contributed by atoms with van der Waals surface area (Å²) >= 11 is 0. The minimum absolute atomic E-state index is 0.192. The second-order valence-corrected chi connectivity index (χ2v) is 7.26. The molecule has 1 atom stereocenters. The van der Waals surface area contributed by atoms with Gasteiger partial charge >= 0.3 is 0 Å². The van der Waals surface area contributed by atoms with E-state index in [0.29, 0.717) is 28.7 Å². The molecule has 150 valence electrons.